The Balaban J connectivity index is 0.000000181. The van der Waals surface area contributed by atoms with E-state index in [9.17, 15) is 0 Å². The van der Waals surface area contributed by atoms with Gasteiger partial charge in [0, 0.05) is 77.8 Å². The third-order valence-electron chi connectivity index (χ3n) is 8.15. The Morgan fingerprint density at radius 3 is 0.783 bits per heavy atom. The normalized spacial score (nSPS) is 23.5. The van der Waals surface area contributed by atoms with E-state index in [0.29, 0.717) is 26.2 Å². The second-order valence-corrected chi connectivity index (χ2v) is 14.3. The van der Waals surface area contributed by atoms with Crippen LogP contribution in [0.5, 0.6) is 0 Å². The van der Waals surface area contributed by atoms with E-state index in [2.05, 4.69) is 0 Å². The Morgan fingerprint density at radius 1 is 0.435 bits per heavy atom. The first kappa shape index (κ1) is 34.9. The molecular formula is C30H44N8O4S4. The van der Waals surface area contributed by atoms with Gasteiger partial charge in [0.2, 0.25) is 0 Å². The Bertz CT molecular complexity index is 1630. The Hall–Kier alpha value is -2.44. The lowest BCUT2D eigenvalue weighted by Crippen LogP contribution is -2.31. The van der Waals surface area contributed by atoms with Crippen molar-refractivity contribution in [3.05, 3.63) is 68.7 Å². The van der Waals surface area contributed by atoms with Crippen LogP contribution in [0, 0.1) is 19.1 Å². The molecule has 0 aromatic carbocycles. The number of imidazole rings is 4. The van der Waals surface area contributed by atoms with Crippen LogP contribution in [0.1, 0.15) is 27.7 Å². The van der Waals surface area contributed by atoms with Gasteiger partial charge in [-0.2, -0.15) is 0 Å². The third-order valence-corrected chi connectivity index (χ3v) is 10.2. The maximum atomic E-state index is 6.10. The van der Waals surface area contributed by atoms with Gasteiger partial charge in [-0.1, -0.05) is 0 Å². The Morgan fingerprint density at radius 2 is 0.630 bits per heavy atom. The summed E-state index contributed by atoms with van der Waals surface area (Å²) in [6.45, 7) is 10.4. The number of rotatable bonds is 8. The molecule has 0 N–H and O–H groups in total. The van der Waals surface area contributed by atoms with Gasteiger partial charge in [0.15, 0.2) is 30.7 Å². The average Bonchev–Trinajstić information content (AvgIpc) is 3.79. The molecule has 2 saturated heterocycles. The van der Waals surface area contributed by atoms with Crippen LogP contribution in [0.15, 0.2) is 49.6 Å². The van der Waals surface area contributed by atoms with Crippen molar-refractivity contribution >= 4 is 48.9 Å². The Kier molecular flexibility index (Phi) is 10.3. The molecule has 16 heteroatoms. The largest absolute Gasteiger partial charge is 0.343 e. The van der Waals surface area contributed by atoms with Gasteiger partial charge >= 0.3 is 0 Å². The molecule has 6 heterocycles. The minimum atomic E-state index is -0.608. The summed E-state index contributed by atoms with van der Waals surface area (Å²) in [4.78, 5) is 0. The molecule has 0 bridgehead atoms. The monoisotopic (exact) mass is 708 g/mol. The van der Waals surface area contributed by atoms with E-state index >= 15 is 0 Å². The Labute approximate surface area is 289 Å². The molecule has 0 unspecified atom stereocenters. The first-order chi connectivity index (χ1) is 21.5. The van der Waals surface area contributed by atoms with Gasteiger partial charge in [-0.25, -0.2) is 0 Å². The van der Waals surface area contributed by atoms with Crippen molar-refractivity contribution in [1.29, 1.82) is 0 Å². The molecule has 46 heavy (non-hydrogen) atoms. The standard InChI is InChI=1S/2C15H22N4O2S2/c2*1-15(2)20-11(9-18-7-5-16(3)13(18)22)12(21-15)10-19-8-6-17(4)14(19)23/h2*5-8,11-12H,9-10H2,1-4H3/t2*11-,12-/m00/s1. The van der Waals surface area contributed by atoms with E-state index in [0.717, 1.165) is 19.1 Å². The maximum absolute atomic E-state index is 6.10. The summed E-state index contributed by atoms with van der Waals surface area (Å²) in [5, 5.41) is 0. The second kappa shape index (κ2) is 13.6. The zero-order valence-electron chi connectivity index (χ0n) is 27.6. The first-order valence-corrected chi connectivity index (χ1v) is 16.7. The third kappa shape index (κ3) is 7.81. The van der Waals surface area contributed by atoms with Gasteiger partial charge in [0.05, 0.1) is 26.2 Å². The quantitative estimate of drug-likeness (QED) is 0.229. The number of aromatic nitrogens is 8. The number of nitrogens with zero attached hydrogens (tertiary/aromatic N) is 8. The van der Waals surface area contributed by atoms with E-state index < -0.39 is 11.6 Å². The number of aryl methyl sites for hydroxylation is 4. The lowest BCUT2D eigenvalue weighted by Gasteiger charge is -2.18. The summed E-state index contributed by atoms with van der Waals surface area (Å²) < 4.78 is 43.2. The molecule has 0 aliphatic carbocycles. The molecule has 0 radical (unpaired) electrons. The summed E-state index contributed by atoms with van der Waals surface area (Å²) in [7, 11) is 7.76. The van der Waals surface area contributed by atoms with Gasteiger partial charge in [-0.3, -0.25) is 0 Å². The predicted molar refractivity (Wildman–Crippen MR) is 185 cm³/mol. The molecule has 0 spiro atoms. The molecule has 2 aliphatic rings. The van der Waals surface area contributed by atoms with Gasteiger partial charge in [-0.05, 0) is 76.6 Å². The number of hydrogen-bond acceptors (Lipinski definition) is 8. The lowest BCUT2D eigenvalue weighted by molar-refractivity contribution is -0.148. The van der Waals surface area contributed by atoms with E-state index in [1.54, 1.807) is 0 Å². The molecule has 4 aromatic heterocycles. The second-order valence-electron chi connectivity index (χ2n) is 12.8. The van der Waals surface area contributed by atoms with Crippen molar-refractivity contribution in [1.82, 2.24) is 36.5 Å². The van der Waals surface area contributed by atoms with Crippen molar-refractivity contribution in [2.24, 2.45) is 28.2 Å². The highest BCUT2D eigenvalue weighted by atomic mass is 32.1. The van der Waals surface area contributed by atoms with Crippen LogP contribution in [-0.2, 0) is 73.3 Å². The minimum absolute atomic E-state index is 0.0822. The van der Waals surface area contributed by atoms with Crippen molar-refractivity contribution in [3.8, 4) is 0 Å². The van der Waals surface area contributed by atoms with E-state index in [1.807, 2.05) is 142 Å². The summed E-state index contributed by atoms with van der Waals surface area (Å²) in [6, 6.07) is 0. The lowest BCUT2D eigenvalue weighted by atomic mass is 10.2. The maximum Gasteiger partial charge on any atom is 0.179 e. The van der Waals surface area contributed by atoms with Gasteiger partial charge in [0.1, 0.15) is 24.4 Å². The molecule has 2 fully saturated rings. The van der Waals surface area contributed by atoms with Crippen LogP contribution in [0.3, 0.4) is 0 Å². The van der Waals surface area contributed by atoms with Gasteiger partial charge in [0.25, 0.3) is 0 Å². The summed E-state index contributed by atoms with van der Waals surface area (Å²) in [5.41, 5.74) is 0. The van der Waals surface area contributed by atoms with Gasteiger partial charge in [-0.15, -0.1) is 0 Å². The smallest absolute Gasteiger partial charge is 0.179 e. The van der Waals surface area contributed by atoms with Crippen LogP contribution in [0.2, 0.25) is 0 Å². The number of ether oxygens (including phenoxy) is 4. The first-order valence-electron chi connectivity index (χ1n) is 15.1. The van der Waals surface area contributed by atoms with Crippen molar-refractivity contribution in [2.75, 3.05) is 0 Å². The summed E-state index contributed by atoms with van der Waals surface area (Å²) in [6.07, 6.45) is 15.4. The fourth-order valence-electron chi connectivity index (χ4n) is 5.81. The molecule has 2 aliphatic heterocycles. The summed E-state index contributed by atoms with van der Waals surface area (Å²) >= 11 is 21.7. The van der Waals surface area contributed by atoms with Crippen molar-refractivity contribution in [3.63, 3.8) is 0 Å². The van der Waals surface area contributed by atoms with Crippen LogP contribution in [0.4, 0.5) is 0 Å². The average molecular weight is 709 g/mol. The highest BCUT2D eigenvalue weighted by Crippen LogP contribution is 2.31. The van der Waals surface area contributed by atoms with Crippen molar-refractivity contribution in [2.45, 2.75) is 89.9 Å². The fraction of sp³-hybridized carbons (Fsp3) is 0.600. The van der Waals surface area contributed by atoms with E-state index in [4.69, 9.17) is 67.8 Å². The van der Waals surface area contributed by atoms with E-state index in [1.165, 1.54) is 0 Å². The molecule has 12 nitrogen and oxygen atoms in total. The molecule has 4 aromatic rings. The number of hydrogen-bond donors (Lipinski definition) is 0. The summed E-state index contributed by atoms with van der Waals surface area (Å²) in [5.74, 6) is -1.22. The highest BCUT2D eigenvalue weighted by Gasteiger charge is 2.42. The topological polar surface area (TPSA) is 76.4 Å². The highest BCUT2D eigenvalue weighted by molar-refractivity contribution is 7.71. The fourth-order valence-corrected chi connectivity index (χ4v) is 6.60. The van der Waals surface area contributed by atoms with Gasteiger partial charge < -0.3 is 55.5 Å². The minimum Gasteiger partial charge on any atom is -0.343 e. The molecule has 6 rings (SSSR count). The zero-order valence-corrected chi connectivity index (χ0v) is 30.9. The molecule has 4 atom stereocenters. The SMILES string of the molecule is Cn1ccn(C[C@@H]2OC(C)(C)O[C@H]2Cn2ccn(C)c2=S)c1=S.Cn1ccn(C[C@@H]2OC(C)(C)O[C@H]2Cn2ccn(C)c2=S)c1=S. The predicted octanol–water partition coefficient (Wildman–Crippen LogP) is 5.29. The molecule has 0 amide bonds. The van der Waals surface area contributed by atoms with Crippen LogP contribution >= 0.6 is 48.9 Å². The van der Waals surface area contributed by atoms with E-state index in [-0.39, 0.29) is 24.4 Å². The molecule has 252 valence electrons. The van der Waals surface area contributed by atoms with Crippen LogP contribution < -0.4 is 0 Å². The van der Waals surface area contributed by atoms with Crippen LogP contribution in [-0.4, -0.2) is 72.5 Å². The van der Waals surface area contributed by atoms with Crippen molar-refractivity contribution < 1.29 is 18.9 Å². The molecular weight excluding hydrogens is 665 g/mol. The molecule has 0 saturated carbocycles. The zero-order chi connectivity index (χ0) is 33.6. The van der Waals surface area contributed by atoms with Crippen LogP contribution in [0.25, 0.3) is 0 Å².